The van der Waals surface area contributed by atoms with Crippen molar-refractivity contribution in [2.45, 2.75) is 13.0 Å². The maximum Gasteiger partial charge on any atom is 0.224 e. The highest BCUT2D eigenvalue weighted by Crippen LogP contribution is 2.29. The molecule has 1 aliphatic heterocycles. The fourth-order valence-corrected chi connectivity index (χ4v) is 4.10. The Morgan fingerprint density at radius 2 is 1.81 bits per heavy atom. The van der Waals surface area contributed by atoms with Gasteiger partial charge in [0.05, 0.1) is 5.52 Å². The molecule has 0 unspecified atom stereocenters. The van der Waals surface area contributed by atoms with Gasteiger partial charge >= 0.3 is 0 Å². The molecule has 1 aliphatic rings. The molecule has 158 valence electrons. The summed E-state index contributed by atoms with van der Waals surface area (Å²) in [4.78, 5) is 16.6. The third-order valence-corrected chi connectivity index (χ3v) is 5.93. The number of para-hydroxylation sites is 1. The lowest BCUT2D eigenvalue weighted by molar-refractivity contribution is 0.198. The molecule has 0 radical (unpaired) electrons. The third-order valence-electron chi connectivity index (χ3n) is 5.93. The summed E-state index contributed by atoms with van der Waals surface area (Å²) < 4.78 is 19.3. The zero-order valence-corrected chi connectivity index (χ0v) is 17.3. The van der Waals surface area contributed by atoms with Gasteiger partial charge in [0.15, 0.2) is 5.75 Å². The average molecular weight is 417 g/mol. The maximum atomic E-state index is 13.2. The number of fused-ring (bicyclic) bond motifs is 1. The van der Waals surface area contributed by atoms with E-state index in [2.05, 4.69) is 31.7 Å². The summed E-state index contributed by atoms with van der Waals surface area (Å²) in [5, 5.41) is 1.10. The summed E-state index contributed by atoms with van der Waals surface area (Å²) >= 11 is 0. The van der Waals surface area contributed by atoms with Gasteiger partial charge < -0.3 is 14.6 Å². The van der Waals surface area contributed by atoms with E-state index in [0.29, 0.717) is 5.88 Å². The molecular formula is C24H24FN5O. The van der Waals surface area contributed by atoms with Crippen molar-refractivity contribution in [1.82, 2.24) is 19.9 Å². The van der Waals surface area contributed by atoms with Gasteiger partial charge in [-0.2, -0.15) is 0 Å². The first-order valence-electron chi connectivity index (χ1n) is 10.5. The van der Waals surface area contributed by atoms with Crippen LogP contribution < -0.4 is 9.64 Å². The van der Waals surface area contributed by atoms with Crippen LogP contribution in [0.15, 0.2) is 67.1 Å². The summed E-state index contributed by atoms with van der Waals surface area (Å²) in [6.07, 6.45) is 3.45. The van der Waals surface area contributed by atoms with Crippen LogP contribution in [-0.2, 0) is 0 Å². The average Bonchev–Trinajstić information content (AvgIpc) is 3.30. The smallest absolute Gasteiger partial charge is 0.224 e. The number of H-pyrrole nitrogens is 1. The molecule has 2 aromatic heterocycles. The molecule has 3 heterocycles. The van der Waals surface area contributed by atoms with Gasteiger partial charge in [-0.05, 0) is 36.8 Å². The Kier molecular flexibility index (Phi) is 5.26. The predicted molar refractivity (Wildman–Crippen MR) is 119 cm³/mol. The van der Waals surface area contributed by atoms with Gasteiger partial charge in [0.25, 0.3) is 0 Å². The van der Waals surface area contributed by atoms with Crippen molar-refractivity contribution in [1.29, 1.82) is 0 Å². The molecule has 0 aliphatic carbocycles. The largest absolute Gasteiger partial charge is 0.437 e. The number of ether oxygens (including phenoxy) is 1. The molecule has 1 fully saturated rings. The fraction of sp³-hybridized carbons (Fsp3) is 0.250. The number of nitrogens with one attached hydrogen (secondary N) is 1. The highest BCUT2D eigenvalue weighted by molar-refractivity contribution is 5.85. The van der Waals surface area contributed by atoms with Crippen molar-refractivity contribution in [2.24, 2.45) is 0 Å². The molecule has 5 rings (SSSR count). The van der Waals surface area contributed by atoms with Crippen molar-refractivity contribution >= 4 is 16.7 Å². The number of aromatic amines is 1. The molecule has 6 nitrogen and oxygen atoms in total. The van der Waals surface area contributed by atoms with Crippen molar-refractivity contribution in [3.63, 3.8) is 0 Å². The second kappa shape index (κ2) is 8.35. The standard InChI is InChI=1S/C24H24FN5O/c1-17(18-5-7-20(25)8-6-18)29-11-13-30(14-12-29)22-15-23(28-16-27-22)31-21-4-2-3-19-9-10-26-24(19)21/h2-10,15-17,26H,11-14H2,1H3/t17-/m0/s1. The molecular weight excluding hydrogens is 393 g/mol. The number of hydrogen-bond donors (Lipinski definition) is 1. The number of piperazine rings is 1. The lowest BCUT2D eigenvalue weighted by atomic mass is 10.1. The topological polar surface area (TPSA) is 57.3 Å². The number of hydrogen-bond acceptors (Lipinski definition) is 5. The molecule has 1 atom stereocenters. The van der Waals surface area contributed by atoms with Crippen molar-refractivity contribution in [2.75, 3.05) is 31.1 Å². The van der Waals surface area contributed by atoms with E-state index in [4.69, 9.17) is 4.74 Å². The molecule has 31 heavy (non-hydrogen) atoms. The van der Waals surface area contributed by atoms with Crippen LogP contribution in [-0.4, -0.2) is 46.0 Å². The van der Waals surface area contributed by atoms with E-state index in [0.717, 1.165) is 54.2 Å². The number of halogens is 1. The molecule has 0 saturated carbocycles. The van der Waals surface area contributed by atoms with Crippen LogP contribution in [0, 0.1) is 5.82 Å². The van der Waals surface area contributed by atoms with E-state index >= 15 is 0 Å². The highest BCUT2D eigenvalue weighted by atomic mass is 19.1. The molecule has 0 spiro atoms. The van der Waals surface area contributed by atoms with Gasteiger partial charge in [-0.25, -0.2) is 14.4 Å². The van der Waals surface area contributed by atoms with Gasteiger partial charge in [-0.1, -0.05) is 24.3 Å². The molecule has 1 N–H and O–H groups in total. The van der Waals surface area contributed by atoms with Gasteiger partial charge in [-0.3, -0.25) is 4.90 Å². The summed E-state index contributed by atoms with van der Waals surface area (Å²) in [5.74, 6) is 1.92. The third kappa shape index (κ3) is 4.09. The lowest BCUT2D eigenvalue weighted by Gasteiger charge is -2.38. The van der Waals surface area contributed by atoms with Crippen LogP contribution in [0.2, 0.25) is 0 Å². The Balaban J connectivity index is 1.26. The van der Waals surface area contributed by atoms with E-state index < -0.39 is 0 Å². The van der Waals surface area contributed by atoms with Crippen LogP contribution in [0.4, 0.5) is 10.2 Å². The molecule has 1 saturated heterocycles. The summed E-state index contributed by atoms with van der Waals surface area (Å²) in [6.45, 7) is 5.68. The van der Waals surface area contributed by atoms with Crippen LogP contribution >= 0.6 is 0 Å². The Hall–Kier alpha value is -3.45. The number of nitrogens with zero attached hydrogens (tertiary/aromatic N) is 4. The van der Waals surface area contributed by atoms with Crippen molar-refractivity contribution in [3.8, 4) is 11.6 Å². The molecule has 0 amide bonds. The first kappa shape index (κ1) is 19.5. The second-order valence-corrected chi connectivity index (χ2v) is 7.77. The Morgan fingerprint density at radius 1 is 1.00 bits per heavy atom. The molecule has 4 aromatic rings. The number of benzene rings is 2. The van der Waals surface area contributed by atoms with E-state index in [9.17, 15) is 4.39 Å². The second-order valence-electron chi connectivity index (χ2n) is 7.77. The Labute approximate surface area is 180 Å². The van der Waals surface area contributed by atoms with Crippen molar-refractivity contribution in [3.05, 3.63) is 78.5 Å². The highest BCUT2D eigenvalue weighted by Gasteiger charge is 2.23. The molecule has 0 bridgehead atoms. The zero-order chi connectivity index (χ0) is 21.2. The van der Waals surface area contributed by atoms with Crippen LogP contribution in [0.1, 0.15) is 18.5 Å². The van der Waals surface area contributed by atoms with Crippen molar-refractivity contribution < 1.29 is 9.13 Å². The Morgan fingerprint density at radius 3 is 2.61 bits per heavy atom. The summed E-state index contributed by atoms with van der Waals surface area (Å²) in [6, 6.07) is 16.9. The van der Waals surface area contributed by atoms with E-state index in [1.165, 1.54) is 12.1 Å². The minimum Gasteiger partial charge on any atom is -0.437 e. The molecule has 2 aromatic carbocycles. The zero-order valence-electron chi connectivity index (χ0n) is 17.3. The number of anilines is 1. The van der Waals surface area contributed by atoms with E-state index in [1.54, 1.807) is 6.33 Å². The maximum absolute atomic E-state index is 13.2. The van der Waals surface area contributed by atoms with Gasteiger partial charge in [0.1, 0.15) is 18.0 Å². The van der Waals surface area contributed by atoms with Gasteiger partial charge in [-0.15, -0.1) is 0 Å². The van der Waals surface area contributed by atoms with Gasteiger partial charge in [0, 0.05) is 49.9 Å². The number of rotatable bonds is 5. The van der Waals surface area contributed by atoms with Crippen LogP contribution in [0.5, 0.6) is 11.6 Å². The monoisotopic (exact) mass is 417 g/mol. The normalized spacial score (nSPS) is 15.9. The predicted octanol–water partition coefficient (Wildman–Crippen LogP) is 4.77. The first-order valence-corrected chi connectivity index (χ1v) is 10.5. The Bertz CT molecular complexity index is 1170. The lowest BCUT2D eigenvalue weighted by Crippen LogP contribution is -2.47. The minimum absolute atomic E-state index is 0.199. The summed E-state index contributed by atoms with van der Waals surface area (Å²) in [5.41, 5.74) is 2.08. The van der Waals surface area contributed by atoms with E-state index in [-0.39, 0.29) is 11.9 Å². The van der Waals surface area contributed by atoms with Crippen LogP contribution in [0.25, 0.3) is 10.9 Å². The fourth-order valence-electron chi connectivity index (χ4n) is 4.10. The number of aromatic nitrogens is 3. The minimum atomic E-state index is -0.199. The van der Waals surface area contributed by atoms with Gasteiger partial charge in [0.2, 0.25) is 5.88 Å². The van der Waals surface area contributed by atoms with Crippen LogP contribution in [0.3, 0.4) is 0 Å². The first-order chi connectivity index (χ1) is 15.2. The SMILES string of the molecule is C[C@@H](c1ccc(F)cc1)N1CCN(c2cc(Oc3cccc4cc[nH]c34)ncn2)CC1. The summed E-state index contributed by atoms with van der Waals surface area (Å²) in [7, 11) is 0. The quantitative estimate of drug-likeness (QED) is 0.507. The molecule has 7 heteroatoms. The van der Waals surface area contributed by atoms with E-state index in [1.807, 2.05) is 48.7 Å².